The van der Waals surface area contributed by atoms with Crippen molar-refractivity contribution in [3.8, 4) is 0 Å². The van der Waals surface area contributed by atoms with Crippen molar-refractivity contribution in [2.24, 2.45) is 0 Å². The van der Waals surface area contributed by atoms with Gasteiger partial charge in [0.2, 0.25) is 0 Å². The minimum Gasteiger partial charge on any atom is -0.515 e. The molecule has 6 nitrogen and oxygen atoms in total. The van der Waals surface area contributed by atoms with Crippen LogP contribution in [0.25, 0.3) is 21.9 Å². The summed E-state index contributed by atoms with van der Waals surface area (Å²) in [4.78, 5) is 8.13. The molecule has 0 atom stereocenters. The van der Waals surface area contributed by atoms with Crippen molar-refractivity contribution in [3.05, 3.63) is 98.8 Å². The first kappa shape index (κ1) is 19.8. The van der Waals surface area contributed by atoms with E-state index in [1.807, 2.05) is 96.5 Å². The zero-order chi connectivity index (χ0) is 19.9. The second-order valence-corrected chi connectivity index (χ2v) is 7.17. The van der Waals surface area contributed by atoms with Crippen LogP contribution in [0.4, 0.5) is 11.8 Å². The topological polar surface area (TPSA) is 39.2 Å². The van der Waals surface area contributed by atoms with Crippen molar-refractivity contribution < 1.29 is 29.9 Å². The van der Waals surface area contributed by atoms with Gasteiger partial charge in [-0.15, -0.1) is 48.4 Å². The van der Waals surface area contributed by atoms with Crippen LogP contribution in [-0.2, 0) is 21.1 Å². The number of rotatable bonds is 5. The smallest absolute Gasteiger partial charge is 0.515 e. The van der Waals surface area contributed by atoms with Gasteiger partial charge in [-0.1, -0.05) is 24.3 Å². The summed E-state index contributed by atoms with van der Waals surface area (Å²) < 4.78 is 11.8. The molecule has 0 amide bonds. The molecule has 156 valence electrons. The molecule has 7 heteroatoms. The van der Waals surface area contributed by atoms with Crippen LogP contribution in [0.5, 0.6) is 0 Å². The fraction of sp³-hybridized carbons (Fsp3) is 0.0833. The zero-order valence-electron chi connectivity index (χ0n) is 16.4. The Morgan fingerprint density at radius 1 is 0.645 bits per heavy atom. The van der Waals surface area contributed by atoms with Gasteiger partial charge in [-0.05, 0) is 24.8 Å². The summed E-state index contributed by atoms with van der Waals surface area (Å²) in [5.74, 6) is 1.38. The van der Waals surface area contributed by atoms with Crippen LogP contribution in [0.2, 0.25) is 0 Å². The predicted molar refractivity (Wildman–Crippen MR) is 115 cm³/mol. The fourth-order valence-corrected chi connectivity index (χ4v) is 3.57. The molecular formula is C24H18N4O2Pt. The van der Waals surface area contributed by atoms with Gasteiger partial charge >= 0.3 is 21.1 Å². The van der Waals surface area contributed by atoms with Crippen LogP contribution in [0, 0.1) is 25.5 Å². The standard InChI is InChI=1S/C24H18N4O2.Pt/c1-3-7-21-19(5-1)15-23(29-21)27-13-11-25(17-27)9-10-26-12-14-28(18-26)24-16-20-6-2-4-8-22(20)30-24;/h1-8,11-14,17-18H,9-10H2;/q-4;+4. The first-order valence-corrected chi connectivity index (χ1v) is 9.78. The number of para-hydroxylation sites is 2. The Balaban J connectivity index is 0.00000204. The molecule has 0 fully saturated rings. The number of fused-ring (bicyclic) bond motifs is 2. The van der Waals surface area contributed by atoms with Crippen LogP contribution in [0.15, 0.2) is 82.2 Å². The van der Waals surface area contributed by atoms with E-state index in [0.717, 1.165) is 35.0 Å². The van der Waals surface area contributed by atoms with Gasteiger partial charge in [0.05, 0.1) is 11.8 Å². The van der Waals surface area contributed by atoms with E-state index in [-0.39, 0.29) is 21.1 Å². The summed E-state index contributed by atoms with van der Waals surface area (Å²) in [5, 5.41) is 1.96. The van der Waals surface area contributed by atoms with E-state index in [1.54, 1.807) is 0 Å². The SMILES string of the molecule is [Pt+4].[c-]1c(N2C=CN(CCN3C=CN(c4[c-]c5ccccc5o4)[CH-]3)[CH-]2)oc2ccccc12. The van der Waals surface area contributed by atoms with E-state index >= 15 is 0 Å². The Labute approximate surface area is 194 Å². The first-order chi connectivity index (χ1) is 14.8. The maximum Gasteiger partial charge on any atom is 4.00 e. The summed E-state index contributed by atoms with van der Waals surface area (Å²) in [6, 6.07) is 22.4. The van der Waals surface area contributed by atoms with Gasteiger partial charge in [0, 0.05) is 24.3 Å². The first-order valence-electron chi connectivity index (χ1n) is 9.78. The van der Waals surface area contributed by atoms with Gasteiger partial charge in [-0.2, -0.15) is 12.1 Å². The van der Waals surface area contributed by atoms with Crippen LogP contribution < -0.4 is 9.80 Å². The normalized spacial score (nSPS) is 15.6. The molecule has 0 unspecified atom stereocenters. The predicted octanol–water partition coefficient (Wildman–Crippen LogP) is 4.90. The van der Waals surface area contributed by atoms with Crippen LogP contribution in [0.1, 0.15) is 0 Å². The van der Waals surface area contributed by atoms with Crippen molar-refractivity contribution in [3.63, 3.8) is 0 Å². The molecule has 0 saturated heterocycles. The maximum absolute atomic E-state index is 5.88. The third-order valence-corrected chi connectivity index (χ3v) is 5.14. The Hall–Kier alpha value is -3.11. The van der Waals surface area contributed by atoms with E-state index in [2.05, 4.69) is 21.9 Å². The van der Waals surface area contributed by atoms with Gasteiger partial charge in [0.25, 0.3) is 0 Å². The largest absolute Gasteiger partial charge is 4.00 e. The summed E-state index contributed by atoms with van der Waals surface area (Å²) in [7, 11) is 0. The van der Waals surface area contributed by atoms with Gasteiger partial charge < -0.3 is 28.4 Å². The van der Waals surface area contributed by atoms with E-state index in [9.17, 15) is 0 Å². The third kappa shape index (κ3) is 3.84. The molecule has 2 aliphatic rings. The van der Waals surface area contributed by atoms with Crippen LogP contribution >= 0.6 is 0 Å². The summed E-state index contributed by atoms with van der Waals surface area (Å²) >= 11 is 0. The molecule has 2 aromatic carbocycles. The van der Waals surface area contributed by atoms with E-state index in [4.69, 9.17) is 8.83 Å². The quantitative estimate of drug-likeness (QED) is 0.309. The molecule has 0 radical (unpaired) electrons. The molecule has 2 aliphatic heterocycles. The maximum atomic E-state index is 5.88. The molecule has 31 heavy (non-hydrogen) atoms. The Kier molecular flexibility index (Phi) is 5.24. The van der Waals surface area contributed by atoms with Crippen LogP contribution in [0.3, 0.4) is 0 Å². The fourth-order valence-electron chi connectivity index (χ4n) is 3.57. The minimum absolute atomic E-state index is 0. The van der Waals surface area contributed by atoms with Crippen LogP contribution in [-0.4, -0.2) is 22.9 Å². The number of hydrogen-bond acceptors (Lipinski definition) is 6. The monoisotopic (exact) mass is 589 g/mol. The summed E-state index contributed by atoms with van der Waals surface area (Å²) in [6.07, 6.45) is 8.03. The van der Waals surface area contributed by atoms with Gasteiger partial charge in [0.15, 0.2) is 0 Å². The molecular weight excluding hydrogens is 571 g/mol. The Morgan fingerprint density at radius 3 is 1.55 bits per heavy atom. The van der Waals surface area contributed by atoms with Crippen molar-refractivity contribution in [1.82, 2.24) is 9.80 Å². The summed E-state index contributed by atoms with van der Waals surface area (Å²) in [6.45, 7) is 5.68. The van der Waals surface area contributed by atoms with Crippen molar-refractivity contribution in [2.45, 2.75) is 0 Å². The number of benzene rings is 2. The average molecular weight is 590 g/mol. The Bertz CT molecular complexity index is 1100. The number of anilines is 2. The molecule has 0 N–H and O–H groups in total. The number of nitrogens with zero attached hydrogens (tertiary/aromatic N) is 4. The van der Waals surface area contributed by atoms with Crippen molar-refractivity contribution in [1.29, 1.82) is 0 Å². The molecule has 0 bridgehead atoms. The van der Waals surface area contributed by atoms with Gasteiger partial charge in [-0.25, -0.2) is 0 Å². The van der Waals surface area contributed by atoms with Gasteiger partial charge in [-0.3, -0.25) is 0 Å². The Morgan fingerprint density at radius 2 is 1.10 bits per heavy atom. The number of furan rings is 2. The van der Waals surface area contributed by atoms with Crippen molar-refractivity contribution in [2.75, 3.05) is 22.9 Å². The van der Waals surface area contributed by atoms with E-state index in [1.165, 1.54) is 0 Å². The van der Waals surface area contributed by atoms with Gasteiger partial charge in [0.1, 0.15) is 0 Å². The molecule has 2 aromatic heterocycles. The van der Waals surface area contributed by atoms with E-state index < -0.39 is 0 Å². The average Bonchev–Trinajstić information content (AvgIpc) is 3.56. The van der Waals surface area contributed by atoms with Crippen molar-refractivity contribution >= 4 is 33.7 Å². The zero-order valence-corrected chi connectivity index (χ0v) is 18.7. The molecule has 4 heterocycles. The summed E-state index contributed by atoms with van der Waals surface area (Å²) in [5.41, 5.74) is 1.68. The van der Waals surface area contributed by atoms with E-state index in [0.29, 0.717) is 11.8 Å². The molecule has 0 aliphatic carbocycles. The molecule has 6 rings (SSSR count). The second-order valence-electron chi connectivity index (χ2n) is 7.17. The molecule has 4 aromatic rings. The molecule has 0 saturated carbocycles. The minimum atomic E-state index is 0. The second kappa shape index (κ2) is 8.20. The molecule has 0 spiro atoms. The third-order valence-electron chi connectivity index (χ3n) is 5.14. The number of hydrogen-bond donors (Lipinski definition) is 0.